The Balaban J connectivity index is 1.22. The monoisotopic (exact) mass is 916 g/mol. The largest absolute Gasteiger partial charge is 0.382 e. The van der Waals surface area contributed by atoms with Gasteiger partial charge in [-0.2, -0.15) is 0 Å². The fourth-order valence-electron chi connectivity index (χ4n) is 10.0. The first-order valence-corrected chi connectivity index (χ1v) is 24.7. The number of nitrogens with zero attached hydrogens (tertiary/aromatic N) is 3. The maximum atomic E-state index is 5.75. The molecule has 354 valence electrons. The van der Waals surface area contributed by atoms with E-state index in [-0.39, 0.29) is 41.8 Å². The first kappa shape index (κ1) is 47.0. The Kier molecular flexibility index (Phi) is 13.8. The Labute approximate surface area is 410 Å². The van der Waals surface area contributed by atoms with Crippen molar-refractivity contribution >= 4 is 17.1 Å². The second kappa shape index (κ2) is 20.2. The smallest absolute Gasteiger partial charge is 0.129 e. The van der Waals surface area contributed by atoms with Gasteiger partial charge >= 0.3 is 0 Å². The molecule has 9 rings (SSSR count). The van der Waals surface area contributed by atoms with Crippen LogP contribution in [0.4, 0.5) is 0 Å². The van der Waals surface area contributed by atoms with E-state index in [1.807, 2.05) is 0 Å². The molecule has 0 fully saturated rings. The van der Waals surface area contributed by atoms with Crippen LogP contribution in [0.15, 0.2) is 208 Å². The molecule has 7 heterocycles. The zero-order valence-corrected chi connectivity index (χ0v) is 41.7. The summed E-state index contributed by atoms with van der Waals surface area (Å²) in [7, 11) is 2.18. The molecule has 2 aromatic rings. The molecule has 1 aromatic heterocycles. The summed E-state index contributed by atoms with van der Waals surface area (Å²) in [6.07, 6.45) is 46.3. The van der Waals surface area contributed by atoms with Crippen molar-refractivity contribution in [3.8, 4) is 0 Å². The van der Waals surface area contributed by atoms with Crippen molar-refractivity contribution in [2.45, 2.75) is 104 Å². The molecule has 69 heavy (non-hydrogen) atoms. The number of likely N-dealkylation sites (N-methyl/N-ethyl adjacent to an activating group) is 1. The Morgan fingerprint density at radius 2 is 1.51 bits per heavy atom. The predicted molar refractivity (Wildman–Crippen MR) is 288 cm³/mol. The van der Waals surface area contributed by atoms with E-state index in [0.29, 0.717) is 0 Å². The normalized spacial score (nSPS) is 28.9. The average molecular weight is 916 g/mol. The summed E-state index contributed by atoms with van der Waals surface area (Å²) >= 11 is 0. The number of nitrogens with one attached hydrogen (secondary N) is 6. The van der Waals surface area contributed by atoms with E-state index in [0.717, 1.165) is 74.2 Å². The van der Waals surface area contributed by atoms with Gasteiger partial charge in [-0.1, -0.05) is 98.1 Å². The first-order chi connectivity index (χ1) is 33.3. The van der Waals surface area contributed by atoms with Crippen LogP contribution < -0.4 is 31.9 Å². The second-order valence-electron chi connectivity index (χ2n) is 19.6. The third kappa shape index (κ3) is 10.8. The summed E-state index contributed by atoms with van der Waals surface area (Å²) in [6.45, 7) is 17.4. The van der Waals surface area contributed by atoms with Crippen LogP contribution in [0, 0.1) is 12.3 Å². The molecule has 0 saturated carbocycles. The van der Waals surface area contributed by atoms with Crippen molar-refractivity contribution in [2.24, 2.45) is 10.4 Å². The summed E-state index contributed by atoms with van der Waals surface area (Å²) in [4.78, 5) is 13.2. The van der Waals surface area contributed by atoms with E-state index >= 15 is 0 Å². The van der Waals surface area contributed by atoms with Gasteiger partial charge in [-0.15, -0.1) is 0 Å². The number of rotatable bonds is 11. The molecule has 0 spiro atoms. The van der Waals surface area contributed by atoms with Gasteiger partial charge in [-0.05, 0) is 167 Å². The van der Waals surface area contributed by atoms with Gasteiger partial charge in [0.2, 0.25) is 0 Å². The SMILES string of the molecule is C\C=C(/C=C(\C=C\C1=CC=CC(C)N1)C1N=C(C2=CC(c3cccc(C)n3)=CC(C)(C3=CC=CC(C)N3)C2)NC(c2cc(C3=CC=CC(C)N3)cc(C3C=CC=C(C)N3C)c2)N1)C1C=CC=C(C)N1. The van der Waals surface area contributed by atoms with Gasteiger partial charge in [0.1, 0.15) is 18.2 Å². The van der Waals surface area contributed by atoms with Crippen LogP contribution in [-0.4, -0.2) is 53.1 Å². The molecule has 8 atom stereocenters. The van der Waals surface area contributed by atoms with E-state index < -0.39 is 6.17 Å². The van der Waals surface area contributed by atoms with Crippen LogP contribution in [0.1, 0.15) is 95.2 Å². The van der Waals surface area contributed by atoms with Crippen molar-refractivity contribution in [3.05, 3.63) is 232 Å². The van der Waals surface area contributed by atoms with Crippen molar-refractivity contribution in [1.29, 1.82) is 0 Å². The summed E-state index contributed by atoms with van der Waals surface area (Å²) in [5.41, 5.74) is 15.1. The Morgan fingerprint density at radius 3 is 2.26 bits per heavy atom. The van der Waals surface area contributed by atoms with Gasteiger partial charge in [0.05, 0.1) is 17.8 Å². The maximum absolute atomic E-state index is 5.75. The average Bonchev–Trinajstić information content (AvgIpc) is 3.34. The minimum absolute atomic E-state index is 0.00771. The van der Waals surface area contributed by atoms with E-state index in [2.05, 4.69) is 263 Å². The van der Waals surface area contributed by atoms with Crippen molar-refractivity contribution < 1.29 is 0 Å². The van der Waals surface area contributed by atoms with E-state index in [1.54, 1.807) is 0 Å². The number of allylic oxidation sites excluding steroid dienone is 17. The third-order valence-electron chi connectivity index (χ3n) is 13.9. The van der Waals surface area contributed by atoms with Crippen LogP contribution in [-0.2, 0) is 0 Å². The summed E-state index contributed by atoms with van der Waals surface area (Å²) < 4.78 is 0. The molecule has 9 nitrogen and oxygen atoms in total. The summed E-state index contributed by atoms with van der Waals surface area (Å²) in [5.74, 6) is 0.850. The molecule has 1 aromatic carbocycles. The van der Waals surface area contributed by atoms with Gasteiger partial charge in [-0.25, -0.2) is 4.99 Å². The number of aryl methyl sites for hydroxylation is 1. The predicted octanol–water partition coefficient (Wildman–Crippen LogP) is 10.8. The van der Waals surface area contributed by atoms with Gasteiger partial charge in [0, 0.05) is 64.8 Å². The molecule has 6 N–H and O–H groups in total. The van der Waals surface area contributed by atoms with Crippen molar-refractivity contribution in [2.75, 3.05) is 7.05 Å². The lowest BCUT2D eigenvalue weighted by Gasteiger charge is -2.39. The molecule has 9 heteroatoms. The molecule has 8 unspecified atom stereocenters. The minimum Gasteiger partial charge on any atom is -0.382 e. The molecule has 6 aliphatic heterocycles. The standard InChI is InChI=1S/C60H69N9/c1-10-44(52-24-12-18-39(3)62-52)31-45(29-30-51-23-11-17-38(2)61-51)57-66-58(48-33-46(53-25-13-19-40(4)63-53)32-47(34-48)55-27-16-22-43(7)69(55)9)68-59(67-57)50-35-49(54-26-14-20-41(5)64-54)36-60(8,37-50)56-28-15-21-42(6)65-56/h10-36,38,40,42,52,55,57-58,61-63,65-66H,37H2,1-9H3,(H,67,68)/b30-29+,44-10+,45-31+. The van der Waals surface area contributed by atoms with E-state index in [9.17, 15) is 0 Å². The zero-order chi connectivity index (χ0) is 48.2. The topological polar surface area (TPSA) is 101 Å². The zero-order valence-electron chi connectivity index (χ0n) is 41.7. The summed E-state index contributed by atoms with van der Waals surface area (Å²) in [5, 5.41) is 23.0. The Bertz CT molecular complexity index is 2860. The van der Waals surface area contributed by atoms with Crippen LogP contribution >= 0.6 is 0 Å². The molecule has 0 radical (unpaired) electrons. The Morgan fingerprint density at radius 1 is 0.768 bits per heavy atom. The minimum atomic E-state index is -0.447. The van der Waals surface area contributed by atoms with Gasteiger partial charge in [0.25, 0.3) is 0 Å². The molecule has 7 aliphatic rings. The highest BCUT2D eigenvalue weighted by Crippen LogP contribution is 2.43. The molecule has 0 amide bonds. The van der Waals surface area contributed by atoms with Gasteiger partial charge in [-0.3, -0.25) is 10.3 Å². The van der Waals surface area contributed by atoms with Crippen LogP contribution in [0.2, 0.25) is 0 Å². The van der Waals surface area contributed by atoms with Crippen LogP contribution in [0.25, 0.3) is 11.3 Å². The van der Waals surface area contributed by atoms with Crippen molar-refractivity contribution in [3.63, 3.8) is 0 Å². The number of hydrogen-bond donors (Lipinski definition) is 6. The van der Waals surface area contributed by atoms with Crippen LogP contribution in [0.5, 0.6) is 0 Å². The fourth-order valence-corrected chi connectivity index (χ4v) is 10.0. The summed E-state index contributed by atoms with van der Waals surface area (Å²) in [6, 6.07) is 14.1. The second-order valence-corrected chi connectivity index (χ2v) is 19.6. The number of pyridine rings is 1. The number of aliphatic imine (C=N–C) groups is 1. The third-order valence-corrected chi connectivity index (χ3v) is 13.9. The van der Waals surface area contributed by atoms with Crippen molar-refractivity contribution in [1.82, 2.24) is 41.8 Å². The van der Waals surface area contributed by atoms with Crippen LogP contribution in [0.3, 0.4) is 0 Å². The van der Waals surface area contributed by atoms with Gasteiger partial charge in [0.15, 0.2) is 0 Å². The quantitative estimate of drug-likeness (QED) is 0.124. The molecular formula is C60H69N9. The highest BCUT2D eigenvalue weighted by molar-refractivity contribution is 6.02. The number of benzene rings is 1. The number of hydrogen-bond acceptors (Lipinski definition) is 9. The highest BCUT2D eigenvalue weighted by Gasteiger charge is 2.37. The first-order valence-electron chi connectivity index (χ1n) is 24.7. The lowest BCUT2D eigenvalue weighted by Crippen LogP contribution is -2.50. The molecule has 0 bridgehead atoms. The lowest BCUT2D eigenvalue weighted by molar-refractivity contribution is 0.355. The maximum Gasteiger partial charge on any atom is 0.129 e. The number of dihydropyridines is 4. The van der Waals surface area contributed by atoms with Gasteiger partial charge < -0.3 is 31.5 Å². The lowest BCUT2D eigenvalue weighted by atomic mass is 9.73. The van der Waals surface area contributed by atoms with E-state index in [1.165, 1.54) is 17.0 Å². The van der Waals surface area contributed by atoms with E-state index in [4.69, 9.17) is 9.98 Å². The molecular weight excluding hydrogens is 847 g/mol. The number of amidine groups is 1. The Hall–Kier alpha value is -7.10. The number of aromatic nitrogens is 1. The molecule has 1 aliphatic carbocycles. The molecule has 0 saturated heterocycles. The highest BCUT2D eigenvalue weighted by atomic mass is 15.3. The fraction of sp³-hybridized carbons (Fsp3) is 0.300.